The Morgan fingerprint density at radius 2 is 1.70 bits per heavy atom. The van der Waals surface area contributed by atoms with Crippen molar-refractivity contribution in [2.24, 2.45) is 7.05 Å². The standard InChI is InChI=1S/C23H22ClN3/c1-16-20(14-17-6-4-3-5-7-17)22-21(27(16)2)12-13-25-23(22)26-15-18-8-10-19(24)11-9-18/h3-13H,14-15H2,1-2H3,(H,25,26). The Kier molecular flexibility index (Phi) is 4.87. The number of hydrogen-bond acceptors (Lipinski definition) is 2. The van der Waals surface area contributed by atoms with E-state index in [2.05, 4.69) is 65.2 Å². The molecule has 136 valence electrons. The Morgan fingerprint density at radius 3 is 2.44 bits per heavy atom. The molecule has 0 aliphatic rings. The fraction of sp³-hybridized carbons (Fsp3) is 0.174. The van der Waals surface area contributed by atoms with Crippen molar-refractivity contribution >= 4 is 28.3 Å². The van der Waals surface area contributed by atoms with Gasteiger partial charge in [0.25, 0.3) is 0 Å². The van der Waals surface area contributed by atoms with Crippen LogP contribution in [0.5, 0.6) is 0 Å². The maximum Gasteiger partial charge on any atom is 0.135 e. The lowest BCUT2D eigenvalue weighted by Gasteiger charge is -2.09. The van der Waals surface area contributed by atoms with Crippen LogP contribution < -0.4 is 5.32 Å². The fourth-order valence-corrected chi connectivity index (χ4v) is 3.66. The zero-order valence-electron chi connectivity index (χ0n) is 15.5. The van der Waals surface area contributed by atoms with E-state index in [0.29, 0.717) is 6.54 Å². The lowest BCUT2D eigenvalue weighted by atomic mass is 10.0. The van der Waals surface area contributed by atoms with E-state index in [1.54, 1.807) is 0 Å². The third-order valence-electron chi connectivity index (χ3n) is 5.13. The molecular weight excluding hydrogens is 354 g/mol. The fourth-order valence-electron chi connectivity index (χ4n) is 3.53. The highest BCUT2D eigenvalue weighted by molar-refractivity contribution is 6.30. The Labute approximate surface area is 164 Å². The number of hydrogen-bond donors (Lipinski definition) is 1. The van der Waals surface area contributed by atoms with Crippen molar-refractivity contribution < 1.29 is 0 Å². The normalized spacial score (nSPS) is 11.1. The summed E-state index contributed by atoms with van der Waals surface area (Å²) in [5.41, 5.74) is 6.28. The second kappa shape index (κ2) is 7.45. The SMILES string of the molecule is Cc1c(Cc2ccccc2)c2c(NCc3ccc(Cl)cc3)nccc2n1C. The van der Waals surface area contributed by atoms with Crippen LogP contribution in [0.1, 0.15) is 22.4 Å². The monoisotopic (exact) mass is 375 g/mol. The third-order valence-corrected chi connectivity index (χ3v) is 5.38. The number of pyridine rings is 1. The van der Waals surface area contributed by atoms with Crippen LogP contribution >= 0.6 is 11.6 Å². The van der Waals surface area contributed by atoms with Gasteiger partial charge in [0.05, 0.1) is 5.52 Å². The van der Waals surface area contributed by atoms with Gasteiger partial charge in [0.15, 0.2) is 0 Å². The Morgan fingerprint density at radius 1 is 0.963 bits per heavy atom. The number of nitrogens with one attached hydrogen (secondary N) is 1. The minimum absolute atomic E-state index is 0.710. The van der Waals surface area contributed by atoms with Crippen molar-refractivity contribution in [1.29, 1.82) is 0 Å². The molecule has 1 N–H and O–H groups in total. The molecule has 2 aromatic carbocycles. The summed E-state index contributed by atoms with van der Waals surface area (Å²) in [5.74, 6) is 0.928. The first-order valence-corrected chi connectivity index (χ1v) is 9.46. The Hall–Kier alpha value is -2.78. The van der Waals surface area contributed by atoms with Crippen LogP contribution in [0.2, 0.25) is 5.02 Å². The van der Waals surface area contributed by atoms with E-state index < -0.39 is 0 Å². The molecule has 4 rings (SSSR count). The molecule has 0 radical (unpaired) electrons. The summed E-state index contributed by atoms with van der Waals surface area (Å²) < 4.78 is 2.25. The highest BCUT2D eigenvalue weighted by atomic mass is 35.5. The molecular formula is C23H22ClN3. The highest BCUT2D eigenvalue weighted by Crippen LogP contribution is 2.32. The lowest BCUT2D eigenvalue weighted by Crippen LogP contribution is -2.02. The van der Waals surface area contributed by atoms with Crippen molar-refractivity contribution in [2.75, 3.05) is 5.32 Å². The predicted octanol–water partition coefficient (Wildman–Crippen LogP) is 5.74. The van der Waals surface area contributed by atoms with Gasteiger partial charge in [-0.1, -0.05) is 54.1 Å². The van der Waals surface area contributed by atoms with Crippen molar-refractivity contribution in [3.63, 3.8) is 0 Å². The molecule has 0 bridgehead atoms. The van der Waals surface area contributed by atoms with Crippen LogP contribution in [0.4, 0.5) is 5.82 Å². The van der Waals surface area contributed by atoms with Gasteiger partial charge in [0, 0.05) is 35.9 Å². The summed E-state index contributed by atoms with van der Waals surface area (Å²) in [7, 11) is 2.12. The topological polar surface area (TPSA) is 29.9 Å². The lowest BCUT2D eigenvalue weighted by molar-refractivity contribution is 0.903. The Balaban J connectivity index is 1.72. The number of benzene rings is 2. The summed E-state index contributed by atoms with van der Waals surface area (Å²) in [6.07, 6.45) is 2.77. The average molecular weight is 376 g/mol. The van der Waals surface area contributed by atoms with E-state index in [1.165, 1.54) is 33.3 Å². The van der Waals surface area contributed by atoms with Crippen LogP contribution in [0.15, 0.2) is 66.9 Å². The first-order valence-electron chi connectivity index (χ1n) is 9.08. The summed E-state index contributed by atoms with van der Waals surface area (Å²) in [4.78, 5) is 4.65. The molecule has 0 amide bonds. The number of aryl methyl sites for hydroxylation is 1. The van der Waals surface area contributed by atoms with E-state index in [1.807, 2.05) is 30.5 Å². The molecule has 27 heavy (non-hydrogen) atoms. The summed E-state index contributed by atoms with van der Waals surface area (Å²) >= 11 is 5.99. The molecule has 0 saturated carbocycles. The summed E-state index contributed by atoms with van der Waals surface area (Å²) in [6.45, 7) is 2.89. The Bertz CT molecular complexity index is 1070. The van der Waals surface area contributed by atoms with Crippen LogP contribution in [-0.2, 0) is 20.0 Å². The van der Waals surface area contributed by atoms with Crippen LogP contribution in [0, 0.1) is 6.92 Å². The van der Waals surface area contributed by atoms with E-state index in [9.17, 15) is 0 Å². The van der Waals surface area contributed by atoms with Crippen LogP contribution in [-0.4, -0.2) is 9.55 Å². The number of halogens is 1. The number of anilines is 1. The van der Waals surface area contributed by atoms with Gasteiger partial charge >= 0.3 is 0 Å². The maximum absolute atomic E-state index is 5.99. The smallest absolute Gasteiger partial charge is 0.135 e. The zero-order chi connectivity index (χ0) is 18.8. The van der Waals surface area contributed by atoms with Crippen molar-refractivity contribution in [2.45, 2.75) is 19.9 Å². The van der Waals surface area contributed by atoms with Gasteiger partial charge in [0.1, 0.15) is 5.82 Å². The molecule has 4 heteroatoms. The largest absolute Gasteiger partial charge is 0.365 e. The van der Waals surface area contributed by atoms with Gasteiger partial charge in [-0.25, -0.2) is 4.98 Å². The van der Waals surface area contributed by atoms with Crippen molar-refractivity contribution in [3.05, 3.63) is 94.3 Å². The second-order valence-corrected chi connectivity index (χ2v) is 7.26. The first kappa shape index (κ1) is 17.6. The number of fused-ring (bicyclic) bond motifs is 1. The van der Waals surface area contributed by atoms with Crippen LogP contribution in [0.25, 0.3) is 10.9 Å². The van der Waals surface area contributed by atoms with Gasteiger partial charge < -0.3 is 9.88 Å². The molecule has 0 unspecified atom stereocenters. The molecule has 0 aliphatic heterocycles. The van der Waals surface area contributed by atoms with Crippen LogP contribution in [0.3, 0.4) is 0 Å². The molecule has 0 aliphatic carbocycles. The van der Waals surface area contributed by atoms with Crippen molar-refractivity contribution in [1.82, 2.24) is 9.55 Å². The molecule has 3 nitrogen and oxygen atoms in total. The minimum Gasteiger partial charge on any atom is -0.365 e. The molecule has 2 heterocycles. The molecule has 2 aromatic heterocycles. The molecule has 0 fully saturated rings. The first-order chi connectivity index (χ1) is 13.1. The zero-order valence-corrected chi connectivity index (χ0v) is 16.3. The van der Waals surface area contributed by atoms with Gasteiger partial charge in [-0.05, 0) is 48.2 Å². The highest BCUT2D eigenvalue weighted by Gasteiger charge is 2.16. The van der Waals surface area contributed by atoms with Crippen molar-refractivity contribution in [3.8, 4) is 0 Å². The quantitative estimate of drug-likeness (QED) is 0.482. The van der Waals surface area contributed by atoms with Gasteiger partial charge in [-0.2, -0.15) is 0 Å². The number of rotatable bonds is 5. The number of aromatic nitrogens is 2. The summed E-state index contributed by atoms with van der Waals surface area (Å²) in [6, 6.07) is 20.6. The van der Waals surface area contributed by atoms with E-state index >= 15 is 0 Å². The molecule has 4 aromatic rings. The summed E-state index contributed by atoms with van der Waals surface area (Å²) in [5, 5.41) is 5.48. The molecule has 0 spiro atoms. The minimum atomic E-state index is 0.710. The van der Waals surface area contributed by atoms with Gasteiger partial charge in [0.2, 0.25) is 0 Å². The van der Waals surface area contributed by atoms with E-state index in [-0.39, 0.29) is 0 Å². The maximum atomic E-state index is 5.99. The van der Waals surface area contributed by atoms with E-state index in [4.69, 9.17) is 11.6 Å². The molecule has 0 atom stereocenters. The van der Waals surface area contributed by atoms with Gasteiger partial charge in [-0.15, -0.1) is 0 Å². The number of nitrogens with zero attached hydrogens (tertiary/aromatic N) is 2. The average Bonchev–Trinajstić information content (AvgIpc) is 2.94. The second-order valence-electron chi connectivity index (χ2n) is 6.82. The third kappa shape index (κ3) is 3.56. The van der Waals surface area contributed by atoms with E-state index in [0.717, 1.165) is 17.3 Å². The molecule has 0 saturated heterocycles. The van der Waals surface area contributed by atoms with Gasteiger partial charge in [-0.3, -0.25) is 0 Å². The predicted molar refractivity (Wildman–Crippen MR) is 113 cm³/mol.